The molecule has 0 saturated heterocycles. The van der Waals surface area contributed by atoms with Crippen molar-refractivity contribution in [3.05, 3.63) is 59.7 Å². The molecule has 5 heteroatoms. The van der Waals surface area contributed by atoms with Crippen LogP contribution in [0.25, 0.3) is 0 Å². The van der Waals surface area contributed by atoms with Gasteiger partial charge in [0, 0.05) is 29.9 Å². The van der Waals surface area contributed by atoms with Gasteiger partial charge in [0.05, 0.1) is 0 Å². The molecule has 0 spiro atoms. The third-order valence-electron chi connectivity index (χ3n) is 3.49. The van der Waals surface area contributed by atoms with Crippen LogP contribution in [0, 0.1) is 0 Å². The number of benzene rings is 2. The molecule has 0 heterocycles. The Morgan fingerprint density at radius 3 is 2.33 bits per heavy atom. The van der Waals surface area contributed by atoms with E-state index in [9.17, 15) is 9.59 Å². The highest BCUT2D eigenvalue weighted by Crippen LogP contribution is 2.15. The van der Waals surface area contributed by atoms with Gasteiger partial charge in [0.15, 0.2) is 0 Å². The number of rotatable bonds is 7. The molecular formula is C19H23N3O2. The molecule has 2 aromatic rings. The summed E-state index contributed by atoms with van der Waals surface area (Å²) >= 11 is 0. The molecule has 24 heavy (non-hydrogen) atoms. The van der Waals surface area contributed by atoms with Crippen molar-refractivity contribution in [1.82, 2.24) is 5.32 Å². The quantitative estimate of drug-likeness (QED) is 0.731. The van der Waals surface area contributed by atoms with Crippen LogP contribution in [0.1, 0.15) is 36.2 Å². The van der Waals surface area contributed by atoms with Gasteiger partial charge in [0.2, 0.25) is 5.91 Å². The molecule has 0 aromatic heterocycles. The number of carbonyl (C=O) groups excluding carboxylic acids is 2. The highest BCUT2D eigenvalue weighted by atomic mass is 16.2. The third kappa shape index (κ3) is 5.21. The highest BCUT2D eigenvalue weighted by molar-refractivity contribution is 6.05. The first-order valence-corrected chi connectivity index (χ1v) is 8.13. The second-order valence-electron chi connectivity index (χ2n) is 5.42. The predicted molar refractivity (Wildman–Crippen MR) is 97.1 cm³/mol. The Morgan fingerprint density at radius 1 is 0.917 bits per heavy atom. The monoisotopic (exact) mass is 325 g/mol. The number of amides is 2. The van der Waals surface area contributed by atoms with E-state index in [1.165, 1.54) is 0 Å². The standard InChI is InChI=1S/C19H23N3O2/c1-3-18(23)21-17-10-6-8-15(12-17)19(24)22-16-9-5-7-14(11-16)13-20-4-2/h5-12,20H,3-4,13H2,1-2H3,(H,21,23)(H,22,24). The van der Waals surface area contributed by atoms with Crippen LogP contribution in [0.3, 0.4) is 0 Å². The summed E-state index contributed by atoms with van der Waals surface area (Å²) in [6.07, 6.45) is 0.398. The van der Waals surface area contributed by atoms with E-state index in [1.54, 1.807) is 31.2 Å². The highest BCUT2D eigenvalue weighted by Gasteiger charge is 2.08. The van der Waals surface area contributed by atoms with Crippen molar-refractivity contribution in [2.75, 3.05) is 17.2 Å². The fourth-order valence-corrected chi connectivity index (χ4v) is 2.22. The van der Waals surface area contributed by atoms with Crippen molar-refractivity contribution < 1.29 is 9.59 Å². The minimum absolute atomic E-state index is 0.0799. The minimum Gasteiger partial charge on any atom is -0.326 e. The lowest BCUT2D eigenvalue weighted by molar-refractivity contribution is -0.115. The number of hydrogen-bond acceptors (Lipinski definition) is 3. The SMILES string of the molecule is CCNCc1cccc(NC(=O)c2cccc(NC(=O)CC)c2)c1. The van der Waals surface area contributed by atoms with Crippen molar-refractivity contribution in [2.45, 2.75) is 26.8 Å². The fraction of sp³-hybridized carbons (Fsp3) is 0.263. The summed E-state index contributed by atoms with van der Waals surface area (Å²) in [4.78, 5) is 23.9. The van der Waals surface area contributed by atoms with Crippen molar-refractivity contribution >= 4 is 23.2 Å². The molecule has 2 amide bonds. The molecule has 0 saturated carbocycles. The normalized spacial score (nSPS) is 10.2. The Kier molecular flexibility index (Phi) is 6.51. The summed E-state index contributed by atoms with van der Waals surface area (Å²) < 4.78 is 0. The zero-order chi connectivity index (χ0) is 17.4. The maximum Gasteiger partial charge on any atom is 0.255 e. The molecule has 0 aliphatic rings. The van der Waals surface area contributed by atoms with Gasteiger partial charge in [-0.25, -0.2) is 0 Å². The fourth-order valence-electron chi connectivity index (χ4n) is 2.22. The smallest absolute Gasteiger partial charge is 0.255 e. The van der Waals surface area contributed by atoms with Crippen molar-refractivity contribution in [1.29, 1.82) is 0 Å². The molecule has 0 aliphatic heterocycles. The Bertz CT molecular complexity index is 713. The first kappa shape index (κ1) is 17.7. The number of hydrogen-bond donors (Lipinski definition) is 3. The largest absolute Gasteiger partial charge is 0.326 e. The first-order valence-electron chi connectivity index (χ1n) is 8.13. The maximum atomic E-state index is 12.4. The van der Waals surface area contributed by atoms with Gasteiger partial charge in [-0.05, 0) is 42.4 Å². The van der Waals surface area contributed by atoms with Gasteiger partial charge in [-0.3, -0.25) is 9.59 Å². The first-order chi connectivity index (χ1) is 11.6. The van der Waals surface area contributed by atoms with Crippen LogP contribution >= 0.6 is 0 Å². The third-order valence-corrected chi connectivity index (χ3v) is 3.49. The topological polar surface area (TPSA) is 70.2 Å². The molecule has 2 rings (SSSR count). The van der Waals surface area contributed by atoms with Gasteiger partial charge in [0.25, 0.3) is 5.91 Å². The van der Waals surface area contributed by atoms with Crippen LogP contribution in [-0.4, -0.2) is 18.4 Å². The number of anilines is 2. The van der Waals surface area contributed by atoms with Crippen LogP contribution in [0.15, 0.2) is 48.5 Å². The summed E-state index contributed by atoms with van der Waals surface area (Å²) in [5.41, 5.74) is 2.98. The van der Waals surface area contributed by atoms with E-state index in [4.69, 9.17) is 0 Å². The van der Waals surface area contributed by atoms with Crippen LogP contribution in [0.5, 0.6) is 0 Å². The lowest BCUT2D eigenvalue weighted by atomic mass is 10.1. The van der Waals surface area contributed by atoms with Crippen LogP contribution in [0.4, 0.5) is 11.4 Å². The summed E-state index contributed by atoms with van der Waals surface area (Å²) in [5.74, 6) is -0.285. The van der Waals surface area contributed by atoms with Gasteiger partial charge in [-0.15, -0.1) is 0 Å². The average molecular weight is 325 g/mol. The molecule has 0 unspecified atom stereocenters. The molecule has 5 nitrogen and oxygen atoms in total. The van der Waals surface area contributed by atoms with Crippen LogP contribution in [0.2, 0.25) is 0 Å². The average Bonchev–Trinajstić information content (AvgIpc) is 2.60. The van der Waals surface area contributed by atoms with E-state index in [0.29, 0.717) is 17.7 Å². The second-order valence-corrected chi connectivity index (χ2v) is 5.42. The minimum atomic E-state index is -0.205. The summed E-state index contributed by atoms with van der Waals surface area (Å²) in [5, 5.41) is 8.90. The molecule has 2 aromatic carbocycles. The molecule has 0 aliphatic carbocycles. The lowest BCUT2D eigenvalue weighted by Crippen LogP contribution is -2.15. The van der Waals surface area contributed by atoms with Crippen molar-refractivity contribution in [3.8, 4) is 0 Å². The number of carbonyl (C=O) groups is 2. The van der Waals surface area contributed by atoms with E-state index >= 15 is 0 Å². The summed E-state index contributed by atoms with van der Waals surface area (Å²) in [6.45, 7) is 5.49. The summed E-state index contributed by atoms with van der Waals surface area (Å²) in [7, 11) is 0. The van der Waals surface area contributed by atoms with Gasteiger partial charge < -0.3 is 16.0 Å². The predicted octanol–water partition coefficient (Wildman–Crippen LogP) is 3.40. The Morgan fingerprint density at radius 2 is 1.62 bits per heavy atom. The van der Waals surface area contributed by atoms with E-state index in [-0.39, 0.29) is 11.8 Å². The van der Waals surface area contributed by atoms with Gasteiger partial charge in [0.1, 0.15) is 0 Å². The van der Waals surface area contributed by atoms with Gasteiger partial charge in [-0.1, -0.05) is 32.0 Å². The Hall–Kier alpha value is -2.66. The van der Waals surface area contributed by atoms with Crippen LogP contribution < -0.4 is 16.0 Å². The number of nitrogens with one attached hydrogen (secondary N) is 3. The maximum absolute atomic E-state index is 12.4. The Labute approximate surface area is 142 Å². The van der Waals surface area contributed by atoms with Gasteiger partial charge in [-0.2, -0.15) is 0 Å². The Balaban J connectivity index is 2.07. The van der Waals surface area contributed by atoms with E-state index in [0.717, 1.165) is 24.3 Å². The molecule has 0 bridgehead atoms. The molecule has 0 radical (unpaired) electrons. The van der Waals surface area contributed by atoms with E-state index in [2.05, 4.69) is 22.9 Å². The van der Waals surface area contributed by atoms with Crippen LogP contribution in [-0.2, 0) is 11.3 Å². The van der Waals surface area contributed by atoms with E-state index < -0.39 is 0 Å². The van der Waals surface area contributed by atoms with Crippen molar-refractivity contribution in [2.24, 2.45) is 0 Å². The van der Waals surface area contributed by atoms with E-state index in [1.807, 2.05) is 24.3 Å². The lowest BCUT2D eigenvalue weighted by Gasteiger charge is -2.09. The zero-order valence-corrected chi connectivity index (χ0v) is 14.1. The van der Waals surface area contributed by atoms with Crippen molar-refractivity contribution in [3.63, 3.8) is 0 Å². The molecule has 3 N–H and O–H groups in total. The zero-order valence-electron chi connectivity index (χ0n) is 14.1. The molecular weight excluding hydrogens is 302 g/mol. The molecule has 126 valence electrons. The molecule has 0 atom stereocenters. The summed E-state index contributed by atoms with van der Waals surface area (Å²) in [6, 6.07) is 14.6. The van der Waals surface area contributed by atoms with Gasteiger partial charge >= 0.3 is 0 Å². The molecule has 0 fully saturated rings. The second kappa shape index (κ2) is 8.84.